The summed E-state index contributed by atoms with van der Waals surface area (Å²) in [7, 11) is 1.89. The van der Waals surface area contributed by atoms with Gasteiger partial charge in [-0.1, -0.05) is 45.7 Å². The Balaban J connectivity index is 2.25. The van der Waals surface area contributed by atoms with Crippen LogP contribution >= 0.6 is 27.5 Å². The van der Waals surface area contributed by atoms with Gasteiger partial charge < -0.3 is 5.32 Å². The summed E-state index contributed by atoms with van der Waals surface area (Å²) in [6.45, 7) is 0. The average Bonchev–Trinajstić information content (AvgIpc) is 2.37. The Bertz CT molecular complexity index is 574. The molecule has 0 spiro atoms. The van der Waals surface area contributed by atoms with Crippen molar-refractivity contribution >= 4 is 27.5 Å². The van der Waals surface area contributed by atoms with E-state index in [0.717, 1.165) is 15.6 Å². The molecule has 1 N–H and O–H groups in total. The van der Waals surface area contributed by atoms with Crippen molar-refractivity contribution in [2.75, 3.05) is 7.05 Å². The highest BCUT2D eigenvalue weighted by molar-refractivity contribution is 9.10. The predicted molar refractivity (Wildman–Crippen MR) is 81.1 cm³/mol. The summed E-state index contributed by atoms with van der Waals surface area (Å²) in [6.07, 6.45) is 0.717. The molecular formula is C15H14BrClFN. The lowest BCUT2D eigenvalue weighted by Crippen LogP contribution is -2.19. The Labute approximate surface area is 125 Å². The smallest absolute Gasteiger partial charge is 0.123 e. The fourth-order valence-electron chi connectivity index (χ4n) is 2.05. The van der Waals surface area contributed by atoms with Crippen molar-refractivity contribution < 1.29 is 4.39 Å². The van der Waals surface area contributed by atoms with Crippen LogP contribution < -0.4 is 5.32 Å². The maximum absolute atomic E-state index is 13.2. The largest absolute Gasteiger partial charge is 0.313 e. The summed E-state index contributed by atoms with van der Waals surface area (Å²) in [5.41, 5.74) is 2.07. The van der Waals surface area contributed by atoms with Gasteiger partial charge in [0, 0.05) is 15.5 Å². The van der Waals surface area contributed by atoms with Crippen LogP contribution in [0.15, 0.2) is 46.9 Å². The number of benzene rings is 2. The molecule has 0 saturated heterocycles. The fourth-order valence-corrected chi connectivity index (χ4v) is 3.01. The van der Waals surface area contributed by atoms with Crippen LogP contribution in [0.1, 0.15) is 17.2 Å². The number of rotatable bonds is 4. The molecule has 0 fully saturated rings. The Kier molecular flexibility index (Phi) is 4.97. The third-order valence-electron chi connectivity index (χ3n) is 3.02. The fraction of sp³-hybridized carbons (Fsp3) is 0.200. The normalized spacial score (nSPS) is 12.4. The highest BCUT2D eigenvalue weighted by atomic mass is 79.9. The van der Waals surface area contributed by atoms with Crippen molar-refractivity contribution in [2.45, 2.75) is 12.5 Å². The van der Waals surface area contributed by atoms with Gasteiger partial charge in [0.15, 0.2) is 0 Å². The first-order valence-corrected chi connectivity index (χ1v) is 7.14. The first kappa shape index (κ1) is 14.5. The highest BCUT2D eigenvalue weighted by Gasteiger charge is 2.13. The molecule has 2 rings (SSSR count). The molecule has 100 valence electrons. The Morgan fingerprint density at radius 1 is 1.26 bits per heavy atom. The molecule has 0 radical (unpaired) electrons. The molecule has 0 amide bonds. The molecule has 2 aromatic rings. The molecule has 0 heterocycles. The quantitative estimate of drug-likeness (QED) is 0.846. The first-order chi connectivity index (χ1) is 9.10. The lowest BCUT2D eigenvalue weighted by Gasteiger charge is -2.18. The van der Waals surface area contributed by atoms with E-state index >= 15 is 0 Å². The van der Waals surface area contributed by atoms with Gasteiger partial charge in [-0.3, -0.25) is 0 Å². The molecule has 4 heteroatoms. The van der Waals surface area contributed by atoms with Gasteiger partial charge in [0.25, 0.3) is 0 Å². The van der Waals surface area contributed by atoms with Gasteiger partial charge in [-0.25, -0.2) is 4.39 Å². The summed E-state index contributed by atoms with van der Waals surface area (Å²) in [5, 5.41) is 3.94. The van der Waals surface area contributed by atoms with Gasteiger partial charge in [0.1, 0.15) is 5.82 Å². The minimum atomic E-state index is -0.206. The van der Waals surface area contributed by atoms with Gasteiger partial charge in [0.2, 0.25) is 0 Å². The highest BCUT2D eigenvalue weighted by Crippen LogP contribution is 2.28. The number of hydrogen-bond acceptors (Lipinski definition) is 1. The summed E-state index contributed by atoms with van der Waals surface area (Å²) in [6, 6.07) is 12.5. The van der Waals surface area contributed by atoms with E-state index in [-0.39, 0.29) is 11.9 Å². The molecule has 1 nitrogen and oxygen atoms in total. The van der Waals surface area contributed by atoms with Crippen molar-refractivity contribution in [2.24, 2.45) is 0 Å². The van der Waals surface area contributed by atoms with E-state index in [0.29, 0.717) is 11.4 Å². The number of likely N-dealkylation sites (N-methyl/N-ethyl adjacent to an activating group) is 1. The Morgan fingerprint density at radius 2 is 2.05 bits per heavy atom. The zero-order valence-corrected chi connectivity index (χ0v) is 12.8. The molecule has 0 aliphatic heterocycles. The molecule has 0 bridgehead atoms. The number of hydrogen-bond donors (Lipinski definition) is 1. The van der Waals surface area contributed by atoms with Crippen LogP contribution in [0.5, 0.6) is 0 Å². The van der Waals surface area contributed by atoms with Crippen LogP contribution in [-0.4, -0.2) is 7.05 Å². The second-order valence-electron chi connectivity index (χ2n) is 4.34. The second-order valence-corrected chi connectivity index (χ2v) is 5.63. The van der Waals surface area contributed by atoms with E-state index in [9.17, 15) is 4.39 Å². The minimum absolute atomic E-state index is 0.105. The van der Waals surface area contributed by atoms with E-state index < -0.39 is 0 Å². The van der Waals surface area contributed by atoms with Gasteiger partial charge in [-0.2, -0.15) is 0 Å². The van der Waals surface area contributed by atoms with Gasteiger partial charge >= 0.3 is 0 Å². The average molecular weight is 343 g/mol. The van der Waals surface area contributed by atoms with Crippen LogP contribution in [0.3, 0.4) is 0 Å². The van der Waals surface area contributed by atoms with E-state index in [4.69, 9.17) is 11.6 Å². The molecule has 1 unspecified atom stereocenters. The predicted octanol–water partition coefficient (Wildman–Crippen LogP) is 4.74. The van der Waals surface area contributed by atoms with Crippen molar-refractivity contribution in [3.63, 3.8) is 0 Å². The molecule has 0 aromatic heterocycles. The second kappa shape index (κ2) is 6.51. The molecule has 2 aromatic carbocycles. The lowest BCUT2D eigenvalue weighted by atomic mass is 9.99. The maximum Gasteiger partial charge on any atom is 0.123 e. The Hall–Kier alpha value is -0.900. The summed E-state index contributed by atoms with van der Waals surface area (Å²) in [4.78, 5) is 0. The third kappa shape index (κ3) is 3.78. The summed E-state index contributed by atoms with van der Waals surface area (Å²) < 4.78 is 14.2. The summed E-state index contributed by atoms with van der Waals surface area (Å²) in [5.74, 6) is -0.206. The standard InChI is InChI=1S/C15H14BrClFN/c1-19-15(8-10-3-2-4-12(18)7-10)13-6-5-11(17)9-14(13)16/h2-7,9,15,19H,8H2,1H3. The van der Waals surface area contributed by atoms with Gasteiger partial charge in [-0.15, -0.1) is 0 Å². The van der Waals surface area contributed by atoms with Crippen molar-refractivity contribution in [1.82, 2.24) is 5.32 Å². The van der Waals surface area contributed by atoms with Crippen molar-refractivity contribution in [1.29, 1.82) is 0 Å². The topological polar surface area (TPSA) is 12.0 Å². The zero-order chi connectivity index (χ0) is 13.8. The van der Waals surface area contributed by atoms with Crippen LogP contribution in [-0.2, 0) is 6.42 Å². The van der Waals surface area contributed by atoms with Crippen LogP contribution in [0, 0.1) is 5.82 Å². The minimum Gasteiger partial charge on any atom is -0.313 e. The maximum atomic E-state index is 13.2. The van der Waals surface area contributed by atoms with E-state index in [2.05, 4.69) is 21.2 Å². The molecule has 19 heavy (non-hydrogen) atoms. The SMILES string of the molecule is CNC(Cc1cccc(F)c1)c1ccc(Cl)cc1Br. The zero-order valence-electron chi connectivity index (χ0n) is 10.5. The van der Waals surface area contributed by atoms with Crippen LogP contribution in [0.25, 0.3) is 0 Å². The van der Waals surface area contributed by atoms with Crippen molar-refractivity contribution in [3.8, 4) is 0 Å². The van der Waals surface area contributed by atoms with Gasteiger partial charge in [0.05, 0.1) is 0 Å². The lowest BCUT2D eigenvalue weighted by molar-refractivity contribution is 0.582. The van der Waals surface area contributed by atoms with Crippen LogP contribution in [0.4, 0.5) is 4.39 Å². The van der Waals surface area contributed by atoms with Crippen LogP contribution in [0.2, 0.25) is 5.02 Å². The number of nitrogens with one attached hydrogen (secondary N) is 1. The molecular weight excluding hydrogens is 329 g/mol. The van der Waals surface area contributed by atoms with E-state index in [1.54, 1.807) is 12.1 Å². The molecule has 0 aliphatic carbocycles. The van der Waals surface area contributed by atoms with Gasteiger partial charge in [-0.05, 0) is 48.9 Å². The first-order valence-electron chi connectivity index (χ1n) is 5.97. The Morgan fingerprint density at radius 3 is 2.68 bits per heavy atom. The molecule has 0 aliphatic rings. The van der Waals surface area contributed by atoms with E-state index in [1.807, 2.05) is 31.3 Å². The molecule has 1 atom stereocenters. The molecule has 0 saturated carbocycles. The number of halogens is 3. The van der Waals surface area contributed by atoms with Crippen molar-refractivity contribution in [3.05, 3.63) is 68.9 Å². The monoisotopic (exact) mass is 341 g/mol. The summed E-state index contributed by atoms with van der Waals surface area (Å²) >= 11 is 9.46. The third-order valence-corrected chi connectivity index (χ3v) is 3.94. The van der Waals surface area contributed by atoms with E-state index in [1.165, 1.54) is 6.07 Å².